The van der Waals surface area contributed by atoms with Gasteiger partial charge in [-0.05, 0) is 7.05 Å². The molecule has 1 rings (SSSR count). The summed E-state index contributed by atoms with van der Waals surface area (Å²) in [5, 5.41) is 0. The minimum absolute atomic E-state index is 0.209. The van der Waals surface area contributed by atoms with Crippen LogP contribution in [0.25, 0.3) is 0 Å². The van der Waals surface area contributed by atoms with Crippen molar-refractivity contribution >= 4 is 0 Å². The molecule has 0 aromatic carbocycles. The first-order chi connectivity index (χ1) is 4.93. The first kappa shape index (κ1) is 7.94. The second-order valence-corrected chi connectivity index (χ2v) is 2.20. The molecule has 0 saturated carbocycles. The van der Waals surface area contributed by atoms with Crippen molar-refractivity contribution in [2.75, 3.05) is 33.4 Å². The first-order valence-electron chi connectivity index (χ1n) is 3.52. The smallest absolute Gasteiger partial charge is 0.0947 e. The number of rotatable bonds is 3. The van der Waals surface area contributed by atoms with Crippen molar-refractivity contribution in [3.05, 3.63) is 0 Å². The zero-order chi connectivity index (χ0) is 7.23. The highest BCUT2D eigenvalue weighted by Gasteiger charge is 2.12. The summed E-state index contributed by atoms with van der Waals surface area (Å²) < 4.78 is 10.5. The second-order valence-electron chi connectivity index (χ2n) is 2.20. The molecule has 1 saturated heterocycles. The van der Waals surface area contributed by atoms with E-state index in [9.17, 15) is 0 Å². The van der Waals surface area contributed by atoms with Gasteiger partial charge in [-0.2, -0.15) is 0 Å². The van der Waals surface area contributed by atoms with E-state index in [1.165, 1.54) is 0 Å². The molecule has 1 unspecified atom stereocenters. The van der Waals surface area contributed by atoms with Gasteiger partial charge >= 0.3 is 0 Å². The maximum atomic E-state index is 5.35. The van der Waals surface area contributed by atoms with Gasteiger partial charge in [-0.1, -0.05) is 0 Å². The van der Waals surface area contributed by atoms with E-state index in [1.807, 2.05) is 7.05 Å². The molecular formula is C6H14N2O2. The molecule has 1 fully saturated rings. The topological polar surface area (TPSA) is 42.5 Å². The highest BCUT2D eigenvalue weighted by Crippen LogP contribution is 1.97. The number of nitrogens with one attached hydrogen (secondary N) is 2. The Morgan fingerprint density at radius 2 is 2.40 bits per heavy atom. The molecular weight excluding hydrogens is 132 g/mol. The molecule has 10 heavy (non-hydrogen) atoms. The normalized spacial score (nSPS) is 26.7. The molecule has 0 aromatic heterocycles. The summed E-state index contributed by atoms with van der Waals surface area (Å²) in [5.74, 6) is 0. The van der Waals surface area contributed by atoms with E-state index >= 15 is 0 Å². The van der Waals surface area contributed by atoms with Crippen molar-refractivity contribution in [1.29, 1.82) is 0 Å². The highest BCUT2D eigenvalue weighted by atomic mass is 16.6. The van der Waals surface area contributed by atoms with Crippen molar-refractivity contribution in [3.63, 3.8) is 0 Å². The summed E-state index contributed by atoms with van der Waals surface area (Å²) in [7, 11) is 1.84. The molecule has 0 amide bonds. The van der Waals surface area contributed by atoms with Gasteiger partial charge in [0.1, 0.15) is 0 Å². The van der Waals surface area contributed by atoms with Gasteiger partial charge in [0.25, 0.3) is 0 Å². The largest absolute Gasteiger partial charge is 0.376 e. The number of hydrogen-bond acceptors (Lipinski definition) is 4. The lowest BCUT2D eigenvalue weighted by Gasteiger charge is -2.22. The van der Waals surface area contributed by atoms with E-state index in [0.717, 1.165) is 19.8 Å². The van der Waals surface area contributed by atoms with E-state index in [2.05, 4.69) is 10.9 Å². The Bertz CT molecular complexity index is 83.8. The standard InChI is InChI=1S/C6H14N2O2/c1-7-8-4-6-5-9-2-3-10-6/h6-8H,2-5H2,1H3. The molecule has 0 aromatic rings. The molecule has 0 bridgehead atoms. The summed E-state index contributed by atoms with van der Waals surface area (Å²) in [4.78, 5) is 0. The Hall–Kier alpha value is -0.160. The number of hydrazine groups is 1. The predicted octanol–water partition coefficient (Wildman–Crippen LogP) is -0.874. The number of hydrogen-bond donors (Lipinski definition) is 2. The molecule has 0 aliphatic carbocycles. The highest BCUT2D eigenvalue weighted by molar-refractivity contribution is 4.61. The van der Waals surface area contributed by atoms with Crippen LogP contribution >= 0.6 is 0 Å². The van der Waals surface area contributed by atoms with Crippen LogP contribution in [0.4, 0.5) is 0 Å². The Balaban J connectivity index is 2.02. The Labute approximate surface area is 60.9 Å². The third kappa shape index (κ3) is 2.62. The van der Waals surface area contributed by atoms with Gasteiger partial charge in [0, 0.05) is 6.54 Å². The van der Waals surface area contributed by atoms with Gasteiger partial charge < -0.3 is 9.47 Å². The first-order valence-corrected chi connectivity index (χ1v) is 3.52. The zero-order valence-electron chi connectivity index (χ0n) is 6.22. The molecule has 0 radical (unpaired) electrons. The van der Waals surface area contributed by atoms with Gasteiger partial charge in [0.2, 0.25) is 0 Å². The van der Waals surface area contributed by atoms with Gasteiger partial charge in [0.15, 0.2) is 0 Å². The second kappa shape index (κ2) is 4.62. The van der Waals surface area contributed by atoms with Crippen LogP contribution in [-0.2, 0) is 9.47 Å². The van der Waals surface area contributed by atoms with Crippen molar-refractivity contribution in [2.45, 2.75) is 6.10 Å². The average molecular weight is 146 g/mol. The van der Waals surface area contributed by atoms with Crippen molar-refractivity contribution in [1.82, 2.24) is 10.9 Å². The van der Waals surface area contributed by atoms with E-state index in [4.69, 9.17) is 9.47 Å². The van der Waals surface area contributed by atoms with Gasteiger partial charge in [-0.3, -0.25) is 10.9 Å². The summed E-state index contributed by atoms with van der Waals surface area (Å²) in [5.41, 5.74) is 5.79. The molecule has 4 heteroatoms. The third-order valence-electron chi connectivity index (χ3n) is 1.39. The van der Waals surface area contributed by atoms with Crippen LogP contribution in [0.15, 0.2) is 0 Å². The van der Waals surface area contributed by atoms with E-state index < -0.39 is 0 Å². The maximum absolute atomic E-state index is 5.35. The minimum Gasteiger partial charge on any atom is -0.376 e. The molecule has 1 heterocycles. The fourth-order valence-electron chi connectivity index (χ4n) is 0.870. The van der Waals surface area contributed by atoms with Crippen LogP contribution in [0.2, 0.25) is 0 Å². The van der Waals surface area contributed by atoms with Crippen molar-refractivity contribution in [3.8, 4) is 0 Å². The summed E-state index contributed by atoms with van der Waals surface area (Å²) in [6, 6.07) is 0. The summed E-state index contributed by atoms with van der Waals surface area (Å²) >= 11 is 0. The van der Waals surface area contributed by atoms with Crippen LogP contribution in [0.5, 0.6) is 0 Å². The molecule has 1 atom stereocenters. The Morgan fingerprint density at radius 1 is 1.50 bits per heavy atom. The van der Waals surface area contributed by atoms with Gasteiger partial charge in [-0.15, -0.1) is 0 Å². The monoisotopic (exact) mass is 146 g/mol. The van der Waals surface area contributed by atoms with Crippen LogP contribution in [0, 0.1) is 0 Å². The third-order valence-corrected chi connectivity index (χ3v) is 1.39. The zero-order valence-corrected chi connectivity index (χ0v) is 6.22. The maximum Gasteiger partial charge on any atom is 0.0947 e. The van der Waals surface area contributed by atoms with Crippen molar-refractivity contribution < 1.29 is 9.47 Å². The quantitative estimate of drug-likeness (QED) is 0.508. The number of ether oxygens (including phenoxy) is 2. The van der Waals surface area contributed by atoms with Gasteiger partial charge in [0.05, 0.1) is 25.9 Å². The molecule has 2 N–H and O–H groups in total. The SMILES string of the molecule is CNNCC1COCCO1. The average Bonchev–Trinajstić information content (AvgIpc) is 2.03. The fourth-order valence-corrected chi connectivity index (χ4v) is 0.870. The molecule has 0 spiro atoms. The van der Waals surface area contributed by atoms with Crippen LogP contribution in [-0.4, -0.2) is 39.5 Å². The molecule has 1 aliphatic rings. The Kier molecular flexibility index (Phi) is 3.67. The lowest BCUT2D eigenvalue weighted by molar-refractivity contribution is -0.0871. The van der Waals surface area contributed by atoms with E-state index in [0.29, 0.717) is 6.61 Å². The van der Waals surface area contributed by atoms with Gasteiger partial charge in [-0.25, -0.2) is 0 Å². The van der Waals surface area contributed by atoms with E-state index in [-0.39, 0.29) is 6.10 Å². The van der Waals surface area contributed by atoms with Crippen LogP contribution in [0.3, 0.4) is 0 Å². The fraction of sp³-hybridized carbons (Fsp3) is 1.00. The van der Waals surface area contributed by atoms with Crippen LogP contribution < -0.4 is 10.9 Å². The van der Waals surface area contributed by atoms with Crippen LogP contribution in [0.1, 0.15) is 0 Å². The summed E-state index contributed by atoms with van der Waals surface area (Å²) in [6.45, 7) is 2.96. The summed E-state index contributed by atoms with van der Waals surface area (Å²) in [6.07, 6.45) is 0.209. The molecule has 1 aliphatic heterocycles. The predicted molar refractivity (Wildman–Crippen MR) is 37.6 cm³/mol. The molecule has 60 valence electrons. The lowest BCUT2D eigenvalue weighted by Crippen LogP contribution is -2.41. The lowest BCUT2D eigenvalue weighted by atomic mass is 10.3. The van der Waals surface area contributed by atoms with Crippen molar-refractivity contribution in [2.24, 2.45) is 0 Å². The minimum atomic E-state index is 0.209. The Morgan fingerprint density at radius 3 is 3.00 bits per heavy atom. The van der Waals surface area contributed by atoms with E-state index in [1.54, 1.807) is 0 Å². The molecule has 4 nitrogen and oxygen atoms in total.